The highest BCUT2D eigenvalue weighted by molar-refractivity contribution is 7.81. The lowest BCUT2D eigenvalue weighted by molar-refractivity contribution is -0.158. The number of carbonyl (C=O) groups is 2. The number of carbonyl (C=O) groups excluding carboxylic acids is 2. The van der Waals surface area contributed by atoms with Crippen LogP contribution in [0.5, 0.6) is 0 Å². The highest BCUT2D eigenvalue weighted by atomic mass is 32.3. The zero-order chi connectivity index (χ0) is 40.0. The van der Waals surface area contributed by atoms with Crippen LogP contribution in [0.1, 0.15) is 174 Å². The molecule has 2 rings (SSSR count). The van der Waals surface area contributed by atoms with Crippen LogP contribution in [0.3, 0.4) is 0 Å². The predicted octanol–water partition coefficient (Wildman–Crippen LogP) is 6.85. The third-order valence-electron chi connectivity index (χ3n) is 10.1. The number of amides is 1. The normalized spacial score (nSPS) is 27.5. The van der Waals surface area contributed by atoms with Gasteiger partial charge in [0.15, 0.2) is 0 Å². The van der Waals surface area contributed by atoms with E-state index in [1.54, 1.807) is 4.90 Å². The quantitative estimate of drug-likeness (QED) is 0.159. The van der Waals surface area contributed by atoms with Gasteiger partial charge in [-0.05, 0) is 51.4 Å². The molecule has 0 aromatic rings. The minimum atomic E-state index is -5.31. The molecule has 318 valence electrons. The number of rotatable bonds is 9. The maximum Gasteiger partial charge on any atom is 0.397 e. The van der Waals surface area contributed by atoms with Crippen LogP contribution in [0.15, 0.2) is 0 Å². The van der Waals surface area contributed by atoms with Crippen molar-refractivity contribution in [1.29, 1.82) is 0 Å². The fraction of sp³-hybridized carbons (Fsp3) is 0.943. The Morgan fingerprint density at radius 1 is 0.593 bits per heavy atom. The molecular formula is C35H65NO15S3. The average Bonchev–Trinajstić information content (AvgIpc) is 3.57. The van der Waals surface area contributed by atoms with Crippen molar-refractivity contribution in [3.63, 3.8) is 0 Å². The Hall–Kier alpha value is -1.45. The molecule has 2 saturated heterocycles. The lowest BCUT2D eigenvalue weighted by Crippen LogP contribution is -2.45. The second kappa shape index (κ2) is 25.7. The van der Waals surface area contributed by atoms with Crippen LogP contribution in [-0.4, -0.2) is 92.7 Å². The van der Waals surface area contributed by atoms with Gasteiger partial charge >= 0.3 is 37.2 Å². The molecule has 19 heteroatoms. The number of fused-ring (bicyclic) bond motifs is 1. The fourth-order valence-electron chi connectivity index (χ4n) is 7.38. The summed E-state index contributed by atoms with van der Waals surface area (Å²) in [6.07, 6.45) is 11.7. The lowest BCUT2D eigenvalue weighted by Gasteiger charge is -2.30. The Morgan fingerprint density at radius 3 is 1.46 bits per heavy atom. The summed E-state index contributed by atoms with van der Waals surface area (Å²) in [5, 5.41) is 0. The zero-order valence-electron chi connectivity index (χ0n) is 31.9. The van der Waals surface area contributed by atoms with Gasteiger partial charge in [-0.3, -0.25) is 18.5 Å². The van der Waals surface area contributed by atoms with Crippen molar-refractivity contribution in [3.05, 3.63) is 0 Å². The van der Waals surface area contributed by atoms with E-state index >= 15 is 0 Å². The van der Waals surface area contributed by atoms with Gasteiger partial charge < -0.3 is 9.64 Å². The SMILES string of the molecule is CCCC[C@H]1CCCCCCCCC[C@H](OS(=O)(=O)O)[C@H](OS(=O)(=O)O)[C@H](OS(=O)(=O)O)CCCCCCCCCCCCC(=O)N2CCC[C@H]2C(=O)O1. The summed E-state index contributed by atoms with van der Waals surface area (Å²) in [7, 11) is -15.7. The van der Waals surface area contributed by atoms with Crippen molar-refractivity contribution >= 4 is 43.1 Å². The molecule has 54 heavy (non-hydrogen) atoms. The number of hydrogen-bond acceptors (Lipinski definition) is 12. The molecule has 3 N–H and O–H groups in total. The van der Waals surface area contributed by atoms with E-state index in [-0.39, 0.29) is 43.7 Å². The van der Waals surface area contributed by atoms with Crippen molar-refractivity contribution in [2.75, 3.05) is 6.54 Å². The molecule has 2 fully saturated rings. The van der Waals surface area contributed by atoms with Crippen LogP contribution in [0.2, 0.25) is 0 Å². The highest BCUT2D eigenvalue weighted by Gasteiger charge is 2.40. The highest BCUT2D eigenvalue weighted by Crippen LogP contribution is 2.27. The molecule has 0 aromatic heterocycles. The van der Waals surface area contributed by atoms with E-state index < -0.39 is 55.6 Å². The first-order valence-electron chi connectivity index (χ1n) is 20.0. The van der Waals surface area contributed by atoms with Gasteiger partial charge in [-0.2, -0.15) is 25.3 Å². The van der Waals surface area contributed by atoms with E-state index in [1.807, 2.05) is 0 Å². The molecule has 0 saturated carbocycles. The van der Waals surface area contributed by atoms with Crippen LogP contribution >= 0.6 is 0 Å². The first-order valence-corrected chi connectivity index (χ1v) is 24.1. The largest absolute Gasteiger partial charge is 0.461 e. The predicted molar refractivity (Wildman–Crippen MR) is 200 cm³/mol. The van der Waals surface area contributed by atoms with Crippen LogP contribution in [0, 0.1) is 0 Å². The summed E-state index contributed by atoms with van der Waals surface area (Å²) in [6, 6.07) is -0.513. The van der Waals surface area contributed by atoms with E-state index in [0.717, 1.165) is 103 Å². The molecule has 2 aliphatic rings. The Morgan fingerprint density at radius 2 is 1.02 bits per heavy atom. The molecule has 0 radical (unpaired) electrons. The van der Waals surface area contributed by atoms with Gasteiger partial charge in [0.25, 0.3) is 0 Å². The van der Waals surface area contributed by atoms with Gasteiger partial charge in [0.2, 0.25) is 5.91 Å². The van der Waals surface area contributed by atoms with Gasteiger partial charge in [-0.15, -0.1) is 0 Å². The Kier molecular flexibility index (Phi) is 23.2. The van der Waals surface area contributed by atoms with Crippen LogP contribution in [0.4, 0.5) is 0 Å². The minimum absolute atomic E-state index is 0.0146. The molecule has 0 bridgehead atoms. The number of nitrogens with zero attached hydrogens (tertiary/aromatic N) is 1. The molecule has 1 amide bonds. The number of hydrogen-bond donors (Lipinski definition) is 3. The number of ether oxygens (including phenoxy) is 1. The van der Waals surface area contributed by atoms with E-state index in [9.17, 15) is 48.5 Å². The van der Waals surface area contributed by atoms with Crippen LogP contribution in [0.25, 0.3) is 0 Å². The van der Waals surface area contributed by atoms with Gasteiger partial charge in [0.1, 0.15) is 30.5 Å². The smallest absolute Gasteiger partial charge is 0.397 e. The first kappa shape index (κ1) is 48.7. The summed E-state index contributed by atoms with van der Waals surface area (Å²) in [5.41, 5.74) is 0. The molecule has 16 nitrogen and oxygen atoms in total. The van der Waals surface area contributed by atoms with Crippen molar-refractivity contribution in [3.8, 4) is 0 Å². The topological polar surface area (TPSA) is 237 Å². The van der Waals surface area contributed by atoms with Gasteiger partial charge in [-0.25, -0.2) is 17.3 Å². The minimum Gasteiger partial charge on any atom is -0.461 e. The van der Waals surface area contributed by atoms with Crippen LogP contribution < -0.4 is 0 Å². The Bertz CT molecular complexity index is 1410. The van der Waals surface area contributed by atoms with Crippen molar-refractivity contribution in [1.82, 2.24) is 4.90 Å². The summed E-state index contributed by atoms with van der Waals surface area (Å²) in [4.78, 5) is 28.0. The maximum absolute atomic E-state index is 13.3. The van der Waals surface area contributed by atoms with Crippen molar-refractivity contribution < 1.29 is 65.8 Å². The van der Waals surface area contributed by atoms with Gasteiger partial charge in [-0.1, -0.05) is 116 Å². The third-order valence-corrected chi connectivity index (χ3v) is 11.6. The summed E-state index contributed by atoms with van der Waals surface area (Å²) < 4.78 is 119. The van der Waals surface area contributed by atoms with E-state index in [0.29, 0.717) is 45.1 Å². The third kappa shape index (κ3) is 22.3. The molecule has 0 aliphatic carbocycles. The Balaban J connectivity index is 2.14. The molecule has 0 unspecified atom stereocenters. The molecule has 0 aromatic carbocycles. The molecule has 2 heterocycles. The molecule has 2 aliphatic heterocycles. The zero-order valence-corrected chi connectivity index (χ0v) is 34.3. The molecular weight excluding hydrogens is 771 g/mol. The van der Waals surface area contributed by atoms with Crippen LogP contribution in [-0.2, 0) is 58.1 Å². The second-order valence-electron chi connectivity index (χ2n) is 14.7. The standard InChI is InChI=1S/C35H65NO15S3/c1-2-3-22-29-23-17-13-9-8-11-15-19-26-32(50-53(42,43)44)34(51-54(45,46)47)31(49-52(39,40)41)25-18-14-10-6-4-5-7-12-16-20-27-33(37)36-28-21-24-30(36)35(38)48-29/h29-32,34H,2-28H2,1H3,(H,39,40,41)(H,42,43,44)(H,45,46,47)/t29-,30-,31+,32-,34+/m0/s1. The first-order chi connectivity index (χ1) is 25.5. The fourth-order valence-corrected chi connectivity index (χ4v) is 8.94. The summed E-state index contributed by atoms with van der Waals surface area (Å²) in [6.45, 7) is 2.66. The monoisotopic (exact) mass is 835 g/mol. The van der Waals surface area contributed by atoms with Gasteiger partial charge in [0.05, 0.1) is 0 Å². The van der Waals surface area contributed by atoms with E-state index in [1.165, 1.54) is 0 Å². The molecule has 0 spiro atoms. The lowest BCUT2D eigenvalue weighted by atomic mass is 9.97. The van der Waals surface area contributed by atoms with Crippen molar-refractivity contribution in [2.45, 2.75) is 204 Å². The number of unbranched alkanes of at least 4 members (excludes halogenated alkanes) is 1. The number of esters is 1. The van der Waals surface area contributed by atoms with Gasteiger partial charge in [0, 0.05) is 13.0 Å². The average molecular weight is 836 g/mol. The van der Waals surface area contributed by atoms with E-state index in [2.05, 4.69) is 6.92 Å². The van der Waals surface area contributed by atoms with E-state index in [4.69, 9.17) is 17.3 Å². The second-order valence-corrected chi connectivity index (χ2v) is 17.8. The number of cyclic esters (lactones) is 1. The maximum atomic E-state index is 13.3. The Labute approximate surface area is 323 Å². The summed E-state index contributed by atoms with van der Waals surface area (Å²) in [5.74, 6) is -0.293. The summed E-state index contributed by atoms with van der Waals surface area (Å²) >= 11 is 0. The molecule has 5 atom stereocenters. The van der Waals surface area contributed by atoms with Crippen molar-refractivity contribution in [2.24, 2.45) is 0 Å².